The van der Waals surface area contributed by atoms with Crippen molar-refractivity contribution >= 4 is 23.6 Å². The lowest BCUT2D eigenvalue weighted by Crippen LogP contribution is -2.12. The van der Waals surface area contributed by atoms with Crippen LogP contribution in [0.5, 0.6) is 0 Å². The molecule has 150 valence electrons. The van der Waals surface area contributed by atoms with E-state index in [9.17, 15) is 0 Å². The van der Waals surface area contributed by atoms with Crippen LogP contribution in [0.1, 0.15) is 23.0 Å². The van der Waals surface area contributed by atoms with Crippen LogP contribution in [0.4, 0.5) is 5.82 Å². The number of hydrogen-bond donors (Lipinski definition) is 1. The molecule has 1 aliphatic rings. The predicted molar refractivity (Wildman–Crippen MR) is 122 cm³/mol. The normalized spacial score (nSPS) is 15.8. The number of aromatic nitrogens is 2. The van der Waals surface area contributed by atoms with Gasteiger partial charge in [0, 0.05) is 17.5 Å². The Morgan fingerprint density at radius 1 is 0.871 bits per heavy atom. The molecule has 0 amide bonds. The van der Waals surface area contributed by atoms with E-state index in [1.165, 1.54) is 0 Å². The first kappa shape index (κ1) is 18.7. The highest BCUT2D eigenvalue weighted by molar-refractivity contribution is 6.45. The van der Waals surface area contributed by atoms with Crippen LogP contribution >= 0.6 is 0 Å². The minimum Gasteiger partial charge on any atom is -0.446 e. The zero-order valence-corrected chi connectivity index (χ0v) is 16.6. The van der Waals surface area contributed by atoms with Gasteiger partial charge in [0.25, 0.3) is 0 Å². The van der Waals surface area contributed by atoms with Crippen molar-refractivity contribution in [2.45, 2.75) is 6.23 Å². The van der Waals surface area contributed by atoms with Gasteiger partial charge in [0.15, 0.2) is 11.5 Å². The minimum absolute atomic E-state index is 0.0108. The molecule has 5 rings (SSSR count). The van der Waals surface area contributed by atoms with E-state index in [0.717, 1.165) is 16.8 Å². The Hall–Kier alpha value is -4.32. The van der Waals surface area contributed by atoms with E-state index in [4.69, 9.17) is 15.1 Å². The molecular formula is C25H19N5O. The largest absolute Gasteiger partial charge is 0.446 e. The molecule has 31 heavy (non-hydrogen) atoms. The first-order valence-electron chi connectivity index (χ1n) is 9.90. The number of nitrogens with one attached hydrogen (secondary N) is 1. The van der Waals surface area contributed by atoms with Gasteiger partial charge in [-0.2, -0.15) is 0 Å². The van der Waals surface area contributed by atoms with Crippen LogP contribution in [0.3, 0.4) is 0 Å². The molecule has 0 saturated carbocycles. The van der Waals surface area contributed by atoms with E-state index in [2.05, 4.69) is 9.98 Å². The average molecular weight is 405 g/mol. The van der Waals surface area contributed by atoms with E-state index in [0.29, 0.717) is 17.2 Å². The number of rotatable bonds is 5. The number of para-hydroxylation sites is 1. The van der Waals surface area contributed by atoms with E-state index in [1.54, 1.807) is 12.5 Å². The summed E-state index contributed by atoms with van der Waals surface area (Å²) in [4.78, 5) is 13.9. The molecule has 1 aliphatic heterocycles. The quantitative estimate of drug-likeness (QED) is 0.468. The highest BCUT2D eigenvalue weighted by atomic mass is 16.5. The highest BCUT2D eigenvalue weighted by Crippen LogP contribution is 2.30. The zero-order chi connectivity index (χ0) is 21.0. The van der Waals surface area contributed by atoms with Gasteiger partial charge in [-0.25, -0.2) is 15.0 Å². The molecule has 1 aromatic heterocycles. The maximum Gasteiger partial charge on any atom is 0.236 e. The minimum atomic E-state index is -0.559. The molecular weight excluding hydrogens is 386 g/mol. The maximum atomic E-state index is 8.38. The molecule has 0 fully saturated rings. The molecule has 0 saturated heterocycles. The lowest BCUT2D eigenvalue weighted by molar-refractivity contribution is 0.219. The van der Waals surface area contributed by atoms with E-state index >= 15 is 0 Å². The van der Waals surface area contributed by atoms with Gasteiger partial charge in [-0.05, 0) is 17.7 Å². The van der Waals surface area contributed by atoms with E-state index in [1.807, 2.05) is 95.6 Å². The molecule has 1 N–H and O–H groups in total. The number of imidazole rings is 1. The van der Waals surface area contributed by atoms with Crippen molar-refractivity contribution in [2.24, 2.45) is 9.98 Å². The third kappa shape index (κ3) is 3.79. The van der Waals surface area contributed by atoms with Crippen molar-refractivity contribution in [2.75, 3.05) is 0 Å². The Bertz CT molecular complexity index is 1260. The second-order valence-electron chi connectivity index (χ2n) is 6.98. The molecule has 0 bridgehead atoms. The summed E-state index contributed by atoms with van der Waals surface area (Å²) < 4.78 is 7.61. The van der Waals surface area contributed by atoms with Crippen LogP contribution in [0.15, 0.2) is 107 Å². The Balaban J connectivity index is 1.59. The van der Waals surface area contributed by atoms with Gasteiger partial charge in [0.05, 0.1) is 0 Å². The topological polar surface area (TPSA) is 75.6 Å². The Kier molecular flexibility index (Phi) is 4.94. The summed E-state index contributed by atoms with van der Waals surface area (Å²) in [5.41, 5.74) is 3.69. The summed E-state index contributed by atoms with van der Waals surface area (Å²) >= 11 is 0. The van der Waals surface area contributed by atoms with Crippen LogP contribution in [-0.4, -0.2) is 27.4 Å². The SMILES string of the molecule is N=C1OC(c2ccccc2)N=C1c1ncn(-c2ccccc2)c1/N=C/c1ccccc1. The molecule has 0 spiro atoms. The van der Waals surface area contributed by atoms with Gasteiger partial charge in [-0.1, -0.05) is 78.9 Å². The van der Waals surface area contributed by atoms with E-state index < -0.39 is 6.23 Å². The Labute approximate surface area is 179 Å². The third-order valence-electron chi connectivity index (χ3n) is 4.91. The summed E-state index contributed by atoms with van der Waals surface area (Å²) in [6, 6.07) is 29.4. The van der Waals surface area contributed by atoms with Crippen molar-refractivity contribution in [3.63, 3.8) is 0 Å². The zero-order valence-electron chi connectivity index (χ0n) is 16.6. The van der Waals surface area contributed by atoms with E-state index in [-0.39, 0.29) is 5.90 Å². The lowest BCUT2D eigenvalue weighted by atomic mass is 10.2. The Morgan fingerprint density at radius 3 is 2.23 bits per heavy atom. The monoisotopic (exact) mass is 405 g/mol. The fourth-order valence-electron chi connectivity index (χ4n) is 3.38. The van der Waals surface area contributed by atoms with Crippen molar-refractivity contribution in [3.05, 3.63) is 114 Å². The van der Waals surface area contributed by atoms with Gasteiger partial charge in [0.1, 0.15) is 12.0 Å². The van der Waals surface area contributed by atoms with Crippen LogP contribution in [-0.2, 0) is 4.74 Å². The van der Waals surface area contributed by atoms with Gasteiger partial charge < -0.3 is 4.74 Å². The predicted octanol–water partition coefficient (Wildman–Crippen LogP) is 5.12. The maximum absolute atomic E-state index is 8.38. The average Bonchev–Trinajstić information content (AvgIpc) is 3.42. The molecule has 2 heterocycles. The third-order valence-corrected chi connectivity index (χ3v) is 4.91. The van der Waals surface area contributed by atoms with Crippen LogP contribution in [0.2, 0.25) is 0 Å². The number of aliphatic imine (C=N–C) groups is 2. The summed E-state index contributed by atoms with van der Waals surface area (Å²) in [6.45, 7) is 0. The van der Waals surface area contributed by atoms with Crippen molar-refractivity contribution in [1.82, 2.24) is 9.55 Å². The van der Waals surface area contributed by atoms with Crippen molar-refractivity contribution in [3.8, 4) is 5.69 Å². The van der Waals surface area contributed by atoms with Crippen LogP contribution in [0.25, 0.3) is 5.69 Å². The van der Waals surface area contributed by atoms with Crippen LogP contribution in [0, 0.1) is 5.41 Å². The number of hydrogen-bond acceptors (Lipinski definition) is 5. The molecule has 0 radical (unpaired) electrons. The lowest BCUT2D eigenvalue weighted by Gasteiger charge is -2.07. The summed E-state index contributed by atoms with van der Waals surface area (Å²) in [7, 11) is 0. The number of benzene rings is 3. The molecule has 1 atom stereocenters. The van der Waals surface area contributed by atoms with Gasteiger partial charge in [0.2, 0.25) is 12.1 Å². The molecule has 0 aliphatic carbocycles. The van der Waals surface area contributed by atoms with Crippen molar-refractivity contribution < 1.29 is 4.74 Å². The second-order valence-corrected chi connectivity index (χ2v) is 6.98. The summed E-state index contributed by atoms with van der Waals surface area (Å²) in [6.07, 6.45) is 2.93. The van der Waals surface area contributed by atoms with Crippen molar-refractivity contribution in [1.29, 1.82) is 5.41 Å². The first-order chi connectivity index (χ1) is 15.3. The molecule has 3 aromatic carbocycles. The fraction of sp³-hybridized carbons (Fsp3) is 0.0400. The molecule has 6 heteroatoms. The Morgan fingerprint density at radius 2 is 1.52 bits per heavy atom. The standard InChI is InChI=1S/C25H19N5O/c26-23-21(29-25(31-23)19-12-6-2-7-13-19)22-24(27-16-18-10-4-1-5-11-18)30(17-28-22)20-14-8-3-9-15-20/h1-17,25-26H/b26-23?,27-16+. The van der Waals surface area contributed by atoms with Gasteiger partial charge in [-0.15, -0.1) is 0 Å². The summed E-state index contributed by atoms with van der Waals surface area (Å²) in [5.74, 6) is 0.583. The highest BCUT2D eigenvalue weighted by Gasteiger charge is 2.30. The molecule has 4 aromatic rings. The van der Waals surface area contributed by atoms with Gasteiger partial charge in [-0.3, -0.25) is 9.98 Å². The van der Waals surface area contributed by atoms with Crippen LogP contribution < -0.4 is 0 Å². The van der Waals surface area contributed by atoms with Gasteiger partial charge >= 0.3 is 0 Å². The number of ether oxygens (including phenoxy) is 1. The molecule has 6 nitrogen and oxygen atoms in total. The first-order valence-corrected chi connectivity index (χ1v) is 9.90. The second kappa shape index (κ2) is 8.20. The summed E-state index contributed by atoms with van der Waals surface area (Å²) in [5, 5.41) is 8.38. The molecule has 1 unspecified atom stereocenters. The fourth-order valence-corrected chi connectivity index (χ4v) is 3.38. The smallest absolute Gasteiger partial charge is 0.236 e. The number of nitrogens with zero attached hydrogens (tertiary/aromatic N) is 4.